The number of nitrogens with zero attached hydrogens (tertiary/aromatic N) is 6. The molecule has 0 unspecified atom stereocenters. The SMILES string of the molecule is Cn1ccc2c([C@H](Nc3cc(Cl)c4ncc(C#N)c(NCC(C)(C)C(F)(F)F)c4c3)c3cn(C4(C(F)(F)F)CC4)nn3)cccc2c1=O. The summed E-state index contributed by atoms with van der Waals surface area (Å²) in [5, 5.41) is 24.9. The van der Waals surface area contributed by atoms with E-state index in [9.17, 15) is 36.4 Å². The Hall–Kier alpha value is -4.84. The van der Waals surface area contributed by atoms with Crippen molar-refractivity contribution < 1.29 is 26.3 Å². The Balaban J connectivity index is 1.50. The van der Waals surface area contributed by atoms with Gasteiger partial charge in [-0.2, -0.15) is 31.6 Å². The molecule has 0 amide bonds. The quantitative estimate of drug-likeness (QED) is 0.163. The zero-order valence-electron chi connectivity index (χ0n) is 25.6. The standard InChI is InChI=1S/C32H27ClF6N8O/c1-29(2,31(34,35)36)16-42-25-17(13-40)14-41-26-22(25)11-18(12-23(26)33)43-27(20-5-4-6-21-19(20)7-10-46(3)28(21)48)24-15-47(45-44-24)30(8-9-30)32(37,38)39/h4-7,10-12,14-15,27,43H,8-9,16H2,1-3H3,(H,41,42)/t27-/m0/s1. The summed E-state index contributed by atoms with van der Waals surface area (Å²) >= 11 is 6.63. The molecule has 1 aliphatic rings. The maximum atomic E-state index is 14.0. The maximum Gasteiger partial charge on any atom is 0.413 e. The number of benzene rings is 2. The van der Waals surface area contributed by atoms with Gasteiger partial charge in [0.25, 0.3) is 5.56 Å². The van der Waals surface area contributed by atoms with Crippen molar-refractivity contribution in [1.82, 2.24) is 24.5 Å². The van der Waals surface area contributed by atoms with Gasteiger partial charge in [-0.15, -0.1) is 5.10 Å². The number of fused-ring (bicyclic) bond motifs is 2. The van der Waals surface area contributed by atoms with Crippen LogP contribution in [0.15, 0.2) is 59.8 Å². The molecule has 1 aliphatic carbocycles. The minimum absolute atomic E-state index is 0.0278. The Labute approximate surface area is 274 Å². The van der Waals surface area contributed by atoms with Crippen molar-refractivity contribution in [3.05, 3.63) is 87.2 Å². The number of pyridine rings is 2. The average Bonchev–Trinajstić information content (AvgIpc) is 3.71. The molecule has 1 saturated carbocycles. The number of nitrogens with one attached hydrogen (secondary N) is 2. The third kappa shape index (κ3) is 5.57. The summed E-state index contributed by atoms with van der Waals surface area (Å²) in [6, 6.07) is 10.6. The molecule has 2 N–H and O–H groups in total. The molecule has 5 aromatic rings. The molecule has 6 rings (SSSR count). The van der Waals surface area contributed by atoms with E-state index in [-0.39, 0.29) is 57.0 Å². The topological polar surface area (TPSA) is 113 Å². The first kappa shape index (κ1) is 33.1. The average molecular weight is 689 g/mol. The molecule has 9 nitrogen and oxygen atoms in total. The van der Waals surface area contributed by atoms with Crippen molar-refractivity contribution in [1.29, 1.82) is 5.26 Å². The summed E-state index contributed by atoms with van der Waals surface area (Å²) in [5.41, 5.74) is -3.52. The summed E-state index contributed by atoms with van der Waals surface area (Å²) in [7, 11) is 1.59. The molecule has 3 heterocycles. The van der Waals surface area contributed by atoms with Gasteiger partial charge in [-0.3, -0.25) is 9.78 Å². The van der Waals surface area contributed by atoms with Crippen LogP contribution in [0.3, 0.4) is 0 Å². The third-order valence-corrected chi connectivity index (χ3v) is 9.08. The first-order valence-corrected chi connectivity index (χ1v) is 15.0. The number of nitriles is 1. The zero-order valence-corrected chi connectivity index (χ0v) is 26.4. The van der Waals surface area contributed by atoms with E-state index in [1.54, 1.807) is 37.5 Å². The van der Waals surface area contributed by atoms with Crippen LogP contribution in [0, 0.1) is 16.7 Å². The summed E-state index contributed by atoms with van der Waals surface area (Å²) in [6.45, 7) is 1.47. The van der Waals surface area contributed by atoms with Crippen LogP contribution in [0.1, 0.15) is 49.6 Å². The number of halogens is 7. The van der Waals surface area contributed by atoms with Crippen LogP contribution in [-0.2, 0) is 12.6 Å². The molecule has 16 heteroatoms. The zero-order chi connectivity index (χ0) is 34.8. The molecular formula is C32H27ClF6N8O. The second-order valence-electron chi connectivity index (χ2n) is 12.5. The Morgan fingerprint density at radius 2 is 1.81 bits per heavy atom. The van der Waals surface area contributed by atoms with Gasteiger partial charge in [0.1, 0.15) is 11.8 Å². The van der Waals surface area contributed by atoms with E-state index in [0.717, 1.165) is 18.5 Å². The highest BCUT2D eigenvalue weighted by Gasteiger charge is 2.66. The molecule has 0 spiro atoms. The van der Waals surface area contributed by atoms with E-state index in [0.29, 0.717) is 16.3 Å². The number of aryl methyl sites for hydroxylation is 1. The van der Waals surface area contributed by atoms with Gasteiger partial charge >= 0.3 is 12.4 Å². The molecule has 1 fully saturated rings. The van der Waals surface area contributed by atoms with Gasteiger partial charge in [-0.25, -0.2) is 4.68 Å². The summed E-state index contributed by atoms with van der Waals surface area (Å²) in [4.78, 5) is 17.2. The lowest BCUT2D eigenvalue weighted by Crippen LogP contribution is -2.38. The number of alkyl halides is 6. The molecular weight excluding hydrogens is 662 g/mol. The largest absolute Gasteiger partial charge is 0.413 e. The predicted molar refractivity (Wildman–Crippen MR) is 168 cm³/mol. The highest BCUT2D eigenvalue weighted by Crippen LogP contribution is 2.55. The van der Waals surface area contributed by atoms with Crippen LogP contribution in [0.4, 0.5) is 37.7 Å². The van der Waals surface area contributed by atoms with Crippen LogP contribution >= 0.6 is 11.6 Å². The molecule has 250 valence electrons. The number of rotatable bonds is 8. The van der Waals surface area contributed by atoms with E-state index in [4.69, 9.17) is 11.6 Å². The minimum Gasteiger partial charge on any atom is -0.382 e. The summed E-state index contributed by atoms with van der Waals surface area (Å²) in [6.07, 6.45) is -5.44. The van der Waals surface area contributed by atoms with E-state index < -0.39 is 35.9 Å². The second-order valence-corrected chi connectivity index (χ2v) is 12.9. The van der Waals surface area contributed by atoms with Gasteiger partial charge in [0.2, 0.25) is 0 Å². The Morgan fingerprint density at radius 3 is 2.46 bits per heavy atom. The van der Waals surface area contributed by atoms with Gasteiger partial charge in [-0.05, 0) is 61.9 Å². The Kier molecular flexibility index (Phi) is 7.85. The minimum atomic E-state index is -4.56. The lowest BCUT2D eigenvalue weighted by atomic mass is 9.92. The van der Waals surface area contributed by atoms with Crippen LogP contribution in [0.25, 0.3) is 21.7 Å². The van der Waals surface area contributed by atoms with Crippen molar-refractivity contribution in [3.63, 3.8) is 0 Å². The van der Waals surface area contributed by atoms with E-state index >= 15 is 0 Å². The molecule has 48 heavy (non-hydrogen) atoms. The number of hydrogen-bond donors (Lipinski definition) is 2. The number of anilines is 2. The van der Waals surface area contributed by atoms with Crippen molar-refractivity contribution in [3.8, 4) is 6.07 Å². The second kappa shape index (κ2) is 11.4. The number of aromatic nitrogens is 5. The fourth-order valence-corrected chi connectivity index (χ4v) is 5.80. The lowest BCUT2D eigenvalue weighted by molar-refractivity contribution is -0.206. The predicted octanol–water partition coefficient (Wildman–Crippen LogP) is 7.46. The van der Waals surface area contributed by atoms with Crippen molar-refractivity contribution in [2.24, 2.45) is 12.5 Å². The monoisotopic (exact) mass is 688 g/mol. The van der Waals surface area contributed by atoms with Crippen LogP contribution in [-0.4, -0.2) is 43.4 Å². The van der Waals surface area contributed by atoms with E-state index in [1.165, 1.54) is 29.1 Å². The molecule has 0 saturated heterocycles. The Bertz CT molecular complexity index is 2160. The van der Waals surface area contributed by atoms with Crippen LogP contribution < -0.4 is 16.2 Å². The van der Waals surface area contributed by atoms with Crippen molar-refractivity contribution >= 4 is 44.7 Å². The Morgan fingerprint density at radius 1 is 1.08 bits per heavy atom. The van der Waals surface area contributed by atoms with Gasteiger partial charge in [0.15, 0.2) is 5.54 Å². The first-order valence-electron chi connectivity index (χ1n) is 14.6. The van der Waals surface area contributed by atoms with Gasteiger partial charge in [-0.1, -0.05) is 28.9 Å². The van der Waals surface area contributed by atoms with E-state index in [2.05, 4.69) is 25.9 Å². The van der Waals surface area contributed by atoms with Gasteiger partial charge in [0.05, 0.1) is 39.4 Å². The normalized spacial score (nSPS) is 15.4. The molecule has 3 aromatic heterocycles. The third-order valence-electron chi connectivity index (χ3n) is 8.79. The molecule has 0 radical (unpaired) electrons. The fourth-order valence-electron chi connectivity index (χ4n) is 5.54. The molecule has 0 aliphatic heterocycles. The molecule has 2 aromatic carbocycles. The van der Waals surface area contributed by atoms with Gasteiger partial charge < -0.3 is 15.2 Å². The lowest BCUT2D eigenvalue weighted by Gasteiger charge is -2.28. The van der Waals surface area contributed by atoms with Crippen molar-refractivity contribution in [2.45, 2.75) is 50.6 Å². The fraction of sp³-hybridized carbons (Fsp3) is 0.344. The molecule has 0 bridgehead atoms. The van der Waals surface area contributed by atoms with Crippen LogP contribution in [0.5, 0.6) is 0 Å². The maximum absolute atomic E-state index is 14.0. The summed E-state index contributed by atoms with van der Waals surface area (Å²) in [5.74, 6) is 0. The van der Waals surface area contributed by atoms with E-state index in [1.807, 2.05) is 6.07 Å². The van der Waals surface area contributed by atoms with Gasteiger partial charge in [0, 0.05) is 42.4 Å². The molecule has 1 atom stereocenters. The smallest absolute Gasteiger partial charge is 0.382 e. The highest BCUT2D eigenvalue weighted by atomic mass is 35.5. The first-order chi connectivity index (χ1) is 22.5. The highest BCUT2D eigenvalue weighted by molar-refractivity contribution is 6.35. The van der Waals surface area contributed by atoms with Crippen LogP contribution in [0.2, 0.25) is 5.02 Å². The number of hydrogen-bond acceptors (Lipinski definition) is 7. The van der Waals surface area contributed by atoms with Crippen molar-refractivity contribution in [2.75, 3.05) is 17.2 Å². The summed E-state index contributed by atoms with van der Waals surface area (Å²) < 4.78 is 85.2.